The second-order valence-electron chi connectivity index (χ2n) is 7.59. The zero-order chi connectivity index (χ0) is 21.9. The smallest absolute Gasteiger partial charge is 0.276 e. The predicted molar refractivity (Wildman–Crippen MR) is 116 cm³/mol. The van der Waals surface area contributed by atoms with Crippen molar-refractivity contribution in [2.45, 2.75) is 25.4 Å². The highest BCUT2D eigenvalue weighted by Gasteiger charge is 2.32. The van der Waals surface area contributed by atoms with Crippen LogP contribution in [0.5, 0.6) is 0 Å². The molecule has 0 aromatic carbocycles. The van der Waals surface area contributed by atoms with Gasteiger partial charge in [-0.25, -0.2) is 4.68 Å². The van der Waals surface area contributed by atoms with Crippen LogP contribution in [-0.4, -0.2) is 48.3 Å². The van der Waals surface area contributed by atoms with Crippen molar-refractivity contribution in [3.05, 3.63) is 83.3 Å². The van der Waals surface area contributed by atoms with Crippen molar-refractivity contribution in [2.75, 3.05) is 6.54 Å². The summed E-state index contributed by atoms with van der Waals surface area (Å²) in [5.74, 6) is 0.268. The molecule has 5 rings (SSSR count). The van der Waals surface area contributed by atoms with E-state index in [1.165, 1.54) is 10.7 Å². The molecule has 0 aliphatic carbocycles. The summed E-state index contributed by atoms with van der Waals surface area (Å²) < 4.78 is 6.79. The fourth-order valence-electron chi connectivity index (χ4n) is 3.92. The van der Waals surface area contributed by atoms with Gasteiger partial charge in [-0.15, -0.1) is 0 Å². The first-order chi connectivity index (χ1) is 15.7. The SMILES string of the molecule is O=C(c1cc(-c2cccnc2)on1)N1CCCC1Cn1nc(-c2ccncc2)ccc1=O. The van der Waals surface area contributed by atoms with Gasteiger partial charge in [0.05, 0.1) is 18.3 Å². The quantitative estimate of drug-likeness (QED) is 0.481. The third-order valence-corrected chi connectivity index (χ3v) is 5.54. The molecule has 1 unspecified atom stereocenters. The second-order valence-corrected chi connectivity index (χ2v) is 7.59. The van der Waals surface area contributed by atoms with Gasteiger partial charge in [0, 0.05) is 54.6 Å². The summed E-state index contributed by atoms with van der Waals surface area (Å²) in [6.45, 7) is 0.911. The van der Waals surface area contributed by atoms with Crippen LogP contribution < -0.4 is 5.56 Å². The number of amides is 1. The van der Waals surface area contributed by atoms with Gasteiger partial charge >= 0.3 is 0 Å². The van der Waals surface area contributed by atoms with E-state index in [0.717, 1.165) is 24.0 Å². The molecule has 0 spiro atoms. The minimum atomic E-state index is -0.218. The Balaban J connectivity index is 1.36. The normalized spacial score (nSPS) is 15.8. The molecule has 0 radical (unpaired) electrons. The standard InChI is InChI=1S/C23H20N6O3/c30-22-6-5-19(16-7-10-24-11-8-16)26-29(22)15-18-4-2-12-28(18)23(31)20-13-21(32-27-20)17-3-1-9-25-14-17/h1,3,5-11,13-14,18H,2,4,12,15H2. The highest BCUT2D eigenvalue weighted by molar-refractivity contribution is 5.93. The molecule has 1 amide bonds. The molecule has 32 heavy (non-hydrogen) atoms. The molecular weight excluding hydrogens is 408 g/mol. The van der Waals surface area contributed by atoms with Crippen LogP contribution in [0.25, 0.3) is 22.6 Å². The van der Waals surface area contributed by atoms with Crippen molar-refractivity contribution < 1.29 is 9.32 Å². The fraction of sp³-hybridized carbons (Fsp3) is 0.217. The summed E-state index contributed by atoms with van der Waals surface area (Å²) in [5.41, 5.74) is 2.34. The van der Waals surface area contributed by atoms with Crippen molar-refractivity contribution in [1.29, 1.82) is 0 Å². The van der Waals surface area contributed by atoms with E-state index in [1.807, 2.05) is 18.2 Å². The van der Waals surface area contributed by atoms with E-state index in [1.54, 1.807) is 47.9 Å². The molecule has 1 atom stereocenters. The molecule has 1 aliphatic rings. The van der Waals surface area contributed by atoms with Crippen molar-refractivity contribution in [3.8, 4) is 22.6 Å². The van der Waals surface area contributed by atoms with Crippen molar-refractivity contribution in [1.82, 2.24) is 29.8 Å². The Bertz CT molecular complexity index is 1290. The summed E-state index contributed by atoms with van der Waals surface area (Å²) >= 11 is 0. The maximum atomic E-state index is 13.1. The van der Waals surface area contributed by atoms with Crippen LogP contribution in [0.2, 0.25) is 0 Å². The average Bonchev–Trinajstić information content (AvgIpc) is 3.51. The van der Waals surface area contributed by atoms with Gasteiger partial charge < -0.3 is 9.42 Å². The molecule has 4 aromatic rings. The minimum absolute atomic E-state index is 0.154. The van der Waals surface area contributed by atoms with E-state index in [2.05, 4.69) is 20.2 Å². The number of carbonyl (C=O) groups is 1. The summed E-state index contributed by atoms with van der Waals surface area (Å²) in [7, 11) is 0. The molecule has 1 fully saturated rings. The third-order valence-electron chi connectivity index (χ3n) is 5.54. The number of hydrogen-bond acceptors (Lipinski definition) is 7. The Morgan fingerprint density at radius 2 is 1.94 bits per heavy atom. The van der Waals surface area contributed by atoms with Gasteiger partial charge in [0.1, 0.15) is 0 Å². The van der Waals surface area contributed by atoms with Crippen LogP contribution in [-0.2, 0) is 6.54 Å². The van der Waals surface area contributed by atoms with Crippen LogP contribution in [0.15, 0.2) is 76.6 Å². The van der Waals surface area contributed by atoms with E-state index >= 15 is 0 Å². The fourth-order valence-corrected chi connectivity index (χ4v) is 3.92. The first-order valence-corrected chi connectivity index (χ1v) is 10.4. The Labute approximate surface area is 183 Å². The highest BCUT2D eigenvalue weighted by atomic mass is 16.5. The zero-order valence-corrected chi connectivity index (χ0v) is 17.2. The minimum Gasteiger partial charge on any atom is -0.355 e. The molecule has 5 heterocycles. The summed E-state index contributed by atoms with van der Waals surface area (Å²) in [5, 5.41) is 8.48. The van der Waals surface area contributed by atoms with Crippen molar-refractivity contribution in [3.63, 3.8) is 0 Å². The number of likely N-dealkylation sites (tertiary alicyclic amines) is 1. The molecule has 9 nitrogen and oxygen atoms in total. The summed E-state index contributed by atoms with van der Waals surface area (Å²) in [6.07, 6.45) is 8.32. The monoisotopic (exact) mass is 428 g/mol. The van der Waals surface area contributed by atoms with Crippen LogP contribution in [0, 0.1) is 0 Å². The third kappa shape index (κ3) is 3.92. The van der Waals surface area contributed by atoms with Gasteiger partial charge in [0.15, 0.2) is 11.5 Å². The van der Waals surface area contributed by atoms with Gasteiger partial charge in [-0.3, -0.25) is 19.6 Å². The molecule has 0 saturated carbocycles. The molecule has 0 bridgehead atoms. The van der Waals surface area contributed by atoms with E-state index in [4.69, 9.17) is 4.52 Å². The van der Waals surface area contributed by atoms with Crippen LogP contribution in [0.3, 0.4) is 0 Å². The van der Waals surface area contributed by atoms with Crippen molar-refractivity contribution >= 4 is 5.91 Å². The molecule has 160 valence electrons. The lowest BCUT2D eigenvalue weighted by molar-refractivity contribution is 0.0710. The number of hydrogen-bond donors (Lipinski definition) is 0. The maximum absolute atomic E-state index is 13.1. The molecule has 0 N–H and O–H groups in total. The largest absolute Gasteiger partial charge is 0.355 e. The number of rotatable bonds is 5. The van der Waals surface area contributed by atoms with E-state index in [-0.39, 0.29) is 23.2 Å². The van der Waals surface area contributed by atoms with Gasteiger partial charge in [0.2, 0.25) is 0 Å². The number of pyridine rings is 2. The van der Waals surface area contributed by atoms with E-state index in [0.29, 0.717) is 24.5 Å². The van der Waals surface area contributed by atoms with Gasteiger partial charge in [-0.05, 0) is 43.2 Å². The first-order valence-electron chi connectivity index (χ1n) is 10.4. The van der Waals surface area contributed by atoms with Gasteiger partial charge in [-0.1, -0.05) is 5.16 Å². The zero-order valence-electron chi connectivity index (χ0n) is 17.2. The summed E-state index contributed by atoms with van der Waals surface area (Å²) in [4.78, 5) is 35.4. The number of carbonyl (C=O) groups excluding carboxylic acids is 1. The van der Waals surface area contributed by atoms with Crippen LogP contribution in [0.4, 0.5) is 0 Å². The molecule has 1 aliphatic heterocycles. The lowest BCUT2D eigenvalue weighted by Gasteiger charge is -2.24. The molecule has 1 saturated heterocycles. The Morgan fingerprint density at radius 1 is 1.06 bits per heavy atom. The Kier molecular flexibility index (Phi) is 5.29. The first kappa shape index (κ1) is 19.8. The van der Waals surface area contributed by atoms with Crippen LogP contribution in [0.1, 0.15) is 23.3 Å². The molecule has 9 heteroatoms. The lowest BCUT2D eigenvalue weighted by atomic mass is 10.2. The second kappa shape index (κ2) is 8.54. The highest BCUT2D eigenvalue weighted by Crippen LogP contribution is 2.24. The van der Waals surface area contributed by atoms with Crippen LogP contribution >= 0.6 is 0 Å². The maximum Gasteiger partial charge on any atom is 0.276 e. The Hall–Kier alpha value is -4.14. The van der Waals surface area contributed by atoms with Gasteiger partial charge in [-0.2, -0.15) is 5.10 Å². The summed E-state index contributed by atoms with van der Waals surface area (Å²) in [6, 6.07) is 12.0. The van der Waals surface area contributed by atoms with Gasteiger partial charge in [0.25, 0.3) is 11.5 Å². The predicted octanol–water partition coefficient (Wildman–Crippen LogP) is 2.66. The van der Waals surface area contributed by atoms with Crippen molar-refractivity contribution in [2.24, 2.45) is 0 Å². The molecular formula is C23H20N6O3. The molecule has 4 aromatic heterocycles. The lowest BCUT2D eigenvalue weighted by Crippen LogP contribution is -2.40. The Morgan fingerprint density at radius 3 is 2.75 bits per heavy atom. The topological polar surface area (TPSA) is 107 Å². The number of nitrogens with zero attached hydrogens (tertiary/aromatic N) is 6. The average molecular weight is 428 g/mol. The van der Waals surface area contributed by atoms with E-state index < -0.39 is 0 Å². The number of aromatic nitrogens is 5. The van der Waals surface area contributed by atoms with E-state index in [9.17, 15) is 9.59 Å².